The molecule has 0 amide bonds. The van der Waals surface area contributed by atoms with E-state index >= 15 is 0 Å². The summed E-state index contributed by atoms with van der Waals surface area (Å²) in [7, 11) is 0. The van der Waals surface area contributed by atoms with Crippen molar-refractivity contribution in [1.82, 2.24) is 0 Å². The van der Waals surface area contributed by atoms with Crippen molar-refractivity contribution in [2.24, 2.45) is 0 Å². The average Bonchev–Trinajstić information content (AvgIpc) is 1.65. The zero-order chi connectivity index (χ0) is 6.99. The molecule has 0 nitrogen and oxygen atoms in total. The van der Waals surface area contributed by atoms with E-state index in [1.807, 2.05) is 0 Å². The van der Waals surface area contributed by atoms with E-state index in [0.29, 0.717) is 0 Å². The molecule has 0 saturated heterocycles. The Balaban J connectivity index is -0.0000000300. The van der Waals surface area contributed by atoms with Crippen LogP contribution in [0.15, 0.2) is 0 Å². The van der Waals surface area contributed by atoms with Crippen molar-refractivity contribution in [2.45, 2.75) is 19.8 Å². The summed E-state index contributed by atoms with van der Waals surface area (Å²) in [6.45, 7) is 2.64. The van der Waals surface area contributed by atoms with E-state index in [1.54, 1.807) is 0 Å². The molecule has 0 aromatic carbocycles. The average molecular weight is 231 g/mol. The van der Waals surface area contributed by atoms with Crippen molar-refractivity contribution >= 4 is 40.0 Å². The molecule has 0 aliphatic carbocycles. The van der Waals surface area contributed by atoms with Gasteiger partial charge in [-0.2, -0.15) is 6.42 Å². The molecule has 0 N–H and O–H groups in total. The van der Waals surface area contributed by atoms with Gasteiger partial charge in [0, 0.05) is 0 Å². The van der Waals surface area contributed by atoms with Crippen LogP contribution < -0.4 is 0 Å². The smallest absolute Gasteiger partial charge is 0.385 e. The van der Waals surface area contributed by atoms with Crippen LogP contribution in [0.25, 0.3) is 0 Å². The molecule has 0 aliphatic rings. The first-order chi connectivity index (χ1) is 3.65. The maximum atomic E-state index is 9.58. The fourth-order valence-corrected chi connectivity index (χ4v) is 0. The quantitative estimate of drug-likeness (QED) is 0.480. The van der Waals surface area contributed by atoms with Gasteiger partial charge in [-0.15, -0.1) is 17.0 Å². The molecule has 60 valence electrons. The summed E-state index contributed by atoms with van der Waals surface area (Å²) in [6.07, 6.45) is 2.28. The van der Waals surface area contributed by atoms with Crippen LogP contribution in [0.1, 0.15) is 19.8 Å². The summed E-state index contributed by atoms with van der Waals surface area (Å²) in [4.78, 5) is 0. The molecule has 0 bridgehead atoms. The van der Waals surface area contributed by atoms with Gasteiger partial charge >= 0.3 is 23.1 Å². The van der Waals surface area contributed by atoms with Gasteiger partial charge in [-0.3, -0.25) is 0 Å². The molecule has 10 heavy (non-hydrogen) atoms. The van der Waals surface area contributed by atoms with Gasteiger partial charge in [0.05, 0.1) is 0 Å². The Labute approximate surface area is 86.5 Å². The third-order valence-corrected chi connectivity index (χ3v) is 0.354. The second kappa shape index (κ2) is 22.5. The van der Waals surface area contributed by atoms with Crippen molar-refractivity contribution < 1.29 is 13.2 Å². The van der Waals surface area contributed by atoms with Crippen molar-refractivity contribution in [3.8, 4) is 0 Å². The van der Waals surface area contributed by atoms with Gasteiger partial charge in [-0.05, 0) is 0 Å². The van der Waals surface area contributed by atoms with Gasteiger partial charge in [0.15, 0.2) is 6.68 Å². The number of hydrogen-bond donors (Lipinski definition) is 0. The van der Waals surface area contributed by atoms with E-state index in [4.69, 9.17) is 0 Å². The molecule has 5 heteroatoms. The molecule has 0 radical (unpaired) electrons. The van der Waals surface area contributed by atoms with E-state index in [9.17, 15) is 13.2 Å². The molecule has 0 spiro atoms. The summed E-state index contributed by atoms with van der Waals surface area (Å²) in [5.41, 5.74) is 0. The predicted octanol–water partition coefficient (Wildman–Crippen LogP) is 3.16. The fraction of sp³-hybridized carbons (Fsp3) is 0.600. The van der Waals surface area contributed by atoms with Crippen LogP contribution in [0.5, 0.6) is 0 Å². The van der Waals surface area contributed by atoms with Crippen LogP contribution in [-0.2, 0) is 0 Å². The van der Waals surface area contributed by atoms with Crippen LogP contribution in [-0.4, -0.2) is 23.1 Å². The zero-order valence-corrected chi connectivity index (χ0v) is 9.00. The van der Waals surface area contributed by atoms with Gasteiger partial charge in [-0.25, -0.2) is 0 Å². The Hall–Kier alpha value is 1.04. The van der Waals surface area contributed by atoms with Crippen LogP contribution in [0.2, 0.25) is 0 Å². The summed E-state index contributed by atoms with van der Waals surface area (Å²) in [5.74, 6) is 0. The third-order valence-electron chi connectivity index (χ3n) is 0.354. The van der Waals surface area contributed by atoms with Gasteiger partial charge in [-0.1, -0.05) is 13.3 Å². The Morgan fingerprint density at radius 2 is 1.40 bits per heavy atom. The molecule has 0 fully saturated rings. The molecular weight excluding hydrogens is 221 g/mol. The standard InChI is InChI=1S/C4H9.CF3.BrH.Mg/c1-3-4-2;2-1(3)4;;/h1,3-4H2,2H3;;1H;/q2*-1;;+2. The zero-order valence-electron chi connectivity index (χ0n) is 5.87. The Kier molecular flexibility index (Phi) is 50.5. The molecule has 0 aromatic heterocycles. The molecule has 0 saturated carbocycles. The summed E-state index contributed by atoms with van der Waals surface area (Å²) in [6, 6.07) is 0. The second-order valence-electron chi connectivity index (χ2n) is 1.07. The minimum absolute atomic E-state index is 0. The number of halogens is 4. The van der Waals surface area contributed by atoms with Crippen LogP contribution in [0.3, 0.4) is 0 Å². The second-order valence-corrected chi connectivity index (χ2v) is 1.07. The first-order valence-electron chi connectivity index (χ1n) is 2.27. The number of rotatable bonds is 1. The maximum Gasteiger partial charge on any atom is 2.00 e. The van der Waals surface area contributed by atoms with Crippen molar-refractivity contribution in [3.63, 3.8) is 0 Å². The normalized spacial score (nSPS) is 6.60. The van der Waals surface area contributed by atoms with E-state index in [0.717, 1.165) is 6.42 Å². The third kappa shape index (κ3) is 141. The van der Waals surface area contributed by atoms with E-state index < -0.39 is 6.68 Å². The molecule has 0 rings (SSSR count). The van der Waals surface area contributed by atoms with Gasteiger partial charge < -0.3 is 20.1 Å². The Morgan fingerprint density at radius 1 is 1.30 bits per heavy atom. The molecule has 0 aromatic rings. The molecule has 0 aliphatic heterocycles. The summed E-state index contributed by atoms with van der Waals surface area (Å²) < 4.78 is 28.8. The maximum absolute atomic E-state index is 9.58. The topological polar surface area (TPSA) is 0 Å². The summed E-state index contributed by atoms with van der Waals surface area (Å²) >= 11 is 0. The van der Waals surface area contributed by atoms with Crippen molar-refractivity contribution in [3.05, 3.63) is 13.6 Å². The Morgan fingerprint density at radius 3 is 1.40 bits per heavy atom. The number of hydrogen-bond acceptors (Lipinski definition) is 0. The molecule has 0 atom stereocenters. The van der Waals surface area contributed by atoms with Crippen LogP contribution in [0.4, 0.5) is 13.2 Å². The molecular formula is C5H10BrF3Mg. The first-order valence-corrected chi connectivity index (χ1v) is 2.27. The first kappa shape index (κ1) is 22.5. The van der Waals surface area contributed by atoms with E-state index in [-0.39, 0.29) is 40.0 Å². The predicted molar refractivity (Wildman–Crippen MR) is 42.9 cm³/mol. The van der Waals surface area contributed by atoms with Crippen molar-refractivity contribution in [2.75, 3.05) is 0 Å². The minimum Gasteiger partial charge on any atom is -0.385 e. The Bertz CT molecular complexity index is 33.3. The molecule has 0 unspecified atom stereocenters. The molecule has 0 heterocycles. The van der Waals surface area contributed by atoms with Gasteiger partial charge in [0.1, 0.15) is 0 Å². The van der Waals surface area contributed by atoms with Gasteiger partial charge in [0.2, 0.25) is 0 Å². The van der Waals surface area contributed by atoms with Gasteiger partial charge in [0.25, 0.3) is 0 Å². The van der Waals surface area contributed by atoms with E-state index in [2.05, 4.69) is 13.8 Å². The largest absolute Gasteiger partial charge is 2.00 e. The summed E-state index contributed by atoms with van der Waals surface area (Å²) in [5, 5.41) is 0. The van der Waals surface area contributed by atoms with Crippen LogP contribution in [0, 0.1) is 13.6 Å². The number of unbranched alkanes of at least 4 members (excludes halogenated alkanes) is 1. The van der Waals surface area contributed by atoms with Crippen molar-refractivity contribution in [1.29, 1.82) is 0 Å². The minimum atomic E-state index is -3.08. The van der Waals surface area contributed by atoms with E-state index in [1.165, 1.54) is 6.42 Å². The van der Waals surface area contributed by atoms with Crippen LogP contribution >= 0.6 is 17.0 Å². The SMILES string of the molecule is Br.F[C-](F)F.[CH2-]CCC.[Mg+2]. The monoisotopic (exact) mass is 230 g/mol. The fourth-order valence-electron chi connectivity index (χ4n) is 0.